The number of fused-ring (bicyclic) bond motifs is 1. The van der Waals surface area contributed by atoms with Crippen LogP contribution < -0.4 is 5.32 Å². The molecule has 0 saturated heterocycles. The predicted octanol–water partition coefficient (Wildman–Crippen LogP) is 2.64. The lowest BCUT2D eigenvalue weighted by Gasteiger charge is -2.09. The molecule has 2 N–H and O–H groups in total. The number of alkyl halides is 2. The summed E-state index contributed by atoms with van der Waals surface area (Å²) in [4.78, 5) is 14.2. The summed E-state index contributed by atoms with van der Waals surface area (Å²) in [6, 6.07) is 5.85. The molecule has 0 aliphatic heterocycles. The molecule has 0 fully saturated rings. The molecule has 0 spiro atoms. The monoisotopic (exact) mass is 238 g/mol. The van der Waals surface area contributed by atoms with Gasteiger partial charge in [-0.1, -0.05) is 6.07 Å². The number of carbonyl (C=O) groups excluding carboxylic acids is 1. The van der Waals surface area contributed by atoms with E-state index in [9.17, 15) is 13.6 Å². The van der Waals surface area contributed by atoms with Crippen molar-refractivity contribution in [1.82, 2.24) is 10.3 Å². The highest BCUT2D eigenvalue weighted by atomic mass is 19.3. The summed E-state index contributed by atoms with van der Waals surface area (Å²) in [6.45, 7) is 0.848. The maximum Gasteiger partial charge on any atom is 0.270 e. The molecule has 1 amide bonds. The van der Waals surface area contributed by atoms with Crippen LogP contribution in [0.15, 0.2) is 24.3 Å². The second kappa shape index (κ2) is 3.84. The van der Waals surface area contributed by atoms with Crippen molar-refractivity contribution in [2.45, 2.75) is 12.8 Å². The van der Waals surface area contributed by atoms with Gasteiger partial charge < -0.3 is 10.3 Å². The predicted molar refractivity (Wildman–Crippen MR) is 61.3 cm³/mol. The molecule has 90 valence electrons. The molecular weight excluding hydrogens is 226 g/mol. The lowest BCUT2D eigenvalue weighted by molar-refractivity contribution is 0.0176. The molecule has 0 radical (unpaired) electrons. The number of aromatic nitrogens is 1. The Labute approximate surface area is 96.8 Å². The molecule has 0 atom stereocenters. The number of carbonyl (C=O) groups is 1. The summed E-state index contributed by atoms with van der Waals surface area (Å²) in [5, 5.41) is 3.07. The molecule has 5 heteroatoms. The zero-order valence-corrected chi connectivity index (χ0v) is 9.47. The maximum absolute atomic E-state index is 13.1. The largest absolute Gasteiger partial charge is 0.354 e. The van der Waals surface area contributed by atoms with E-state index >= 15 is 0 Å². The van der Waals surface area contributed by atoms with Crippen molar-refractivity contribution >= 4 is 16.8 Å². The van der Waals surface area contributed by atoms with Gasteiger partial charge in [-0.05, 0) is 18.2 Å². The maximum atomic E-state index is 13.1. The summed E-state index contributed by atoms with van der Waals surface area (Å²) in [7, 11) is 1.51. The molecule has 3 nitrogen and oxygen atoms in total. The van der Waals surface area contributed by atoms with Crippen LogP contribution >= 0.6 is 0 Å². The number of hydrogen-bond acceptors (Lipinski definition) is 1. The number of rotatable bonds is 2. The summed E-state index contributed by atoms with van der Waals surface area (Å²) >= 11 is 0. The lowest BCUT2D eigenvalue weighted by Crippen LogP contribution is -2.17. The fourth-order valence-electron chi connectivity index (χ4n) is 1.66. The van der Waals surface area contributed by atoms with Crippen LogP contribution in [0.1, 0.15) is 23.0 Å². The molecule has 0 bridgehead atoms. The summed E-state index contributed by atoms with van der Waals surface area (Å²) in [5.41, 5.74) is 0.961. The summed E-state index contributed by atoms with van der Waals surface area (Å²) in [5.74, 6) is -3.15. The highest BCUT2D eigenvalue weighted by Crippen LogP contribution is 2.29. The van der Waals surface area contributed by atoms with Crippen molar-refractivity contribution in [3.8, 4) is 0 Å². The normalized spacial score (nSPS) is 11.8. The van der Waals surface area contributed by atoms with Gasteiger partial charge in [0.25, 0.3) is 11.8 Å². The number of H-pyrrole nitrogens is 1. The molecule has 2 aromatic rings. The minimum Gasteiger partial charge on any atom is -0.354 e. The average molecular weight is 238 g/mol. The van der Waals surface area contributed by atoms with Crippen molar-refractivity contribution in [1.29, 1.82) is 0 Å². The number of nitrogens with one attached hydrogen (secondary N) is 2. The van der Waals surface area contributed by atoms with Crippen LogP contribution in [0.2, 0.25) is 0 Å². The number of hydrogen-bond donors (Lipinski definition) is 2. The van der Waals surface area contributed by atoms with Crippen molar-refractivity contribution in [3.63, 3.8) is 0 Å². The van der Waals surface area contributed by atoms with E-state index in [0.29, 0.717) is 16.6 Å². The minimum atomic E-state index is -2.88. The first-order valence-corrected chi connectivity index (χ1v) is 5.15. The standard InChI is InChI=1S/C12H12F2N2O/c1-12(13,14)8-3-4-9-7(5-8)6-10(16-9)11(17)15-2/h3-6,16H,1-2H3,(H,15,17). The molecule has 1 aromatic heterocycles. The topological polar surface area (TPSA) is 44.9 Å². The summed E-state index contributed by atoms with van der Waals surface area (Å²) in [6.07, 6.45) is 0. The molecule has 17 heavy (non-hydrogen) atoms. The van der Waals surface area contributed by atoms with Crippen LogP contribution in [0.4, 0.5) is 8.78 Å². The zero-order chi connectivity index (χ0) is 12.6. The van der Waals surface area contributed by atoms with Crippen molar-refractivity contribution in [3.05, 3.63) is 35.5 Å². The van der Waals surface area contributed by atoms with Gasteiger partial charge in [-0.15, -0.1) is 0 Å². The van der Waals surface area contributed by atoms with Gasteiger partial charge in [0, 0.05) is 30.4 Å². The van der Waals surface area contributed by atoms with Crippen LogP contribution in [0.5, 0.6) is 0 Å². The van der Waals surface area contributed by atoms with E-state index in [1.165, 1.54) is 19.2 Å². The Balaban J connectivity index is 2.52. The number of amides is 1. The zero-order valence-electron chi connectivity index (χ0n) is 9.47. The Bertz CT molecular complexity index is 569. The first kappa shape index (κ1) is 11.6. The molecule has 0 aliphatic carbocycles. The third kappa shape index (κ3) is 2.13. The van der Waals surface area contributed by atoms with E-state index in [0.717, 1.165) is 6.92 Å². The molecule has 1 heterocycles. The van der Waals surface area contributed by atoms with Crippen LogP contribution in [0.25, 0.3) is 10.9 Å². The van der Waals surface area contributed by atoms with E-state index in [-0.39, 0.29) is 11.5 Å². The van der Waals surface area contributed by atoms with Gasteiger partial charge in [0.1, 0.15) is 5.69 Å². The lowest BCUT2D eigenvalue weighted by atomic mass is 10.1. The smallest absolute Gasteiger partial charge is 0.270 e. The average Bonchev–Trinajstić information content (AvgIpc) is 2.69. The van der Waals surface area contributed by atoms with Crippen LogP contribution in [0, 0.1) is 0 Å². The Morgan fingerprint density at radius 2 is 2.06 bits per heavy atom. The van der Waals surface area contributed by atoms with Gasteiger partial charge in [-0.25, -0.2) is 8.78 Å². The SMILES string of the molecule is CNC(=O)c1cc2cc(C(C)(F)F)ccc2[nH]1. The molecule has 2 rings (SSSR count). The van der Waals surface area contributed by atoms with Crippen molar-refractivity contribution < 1.29 is 13.6 Å². The van der Waals surface area contributed by atoms with Crippen LogP contribution in [0.3, 0.4) is 0 Å². The van der Waals surface area contributed by atoms with Crippen LogP contribution in [-0.2, 0) is 5.92 Å². The van der Waals surface area contributed by atoms with Crippen molar-refractivity contribution in [2.75, 3.05) is 7.05 Å². The highest BCUT2D eigenvalue weighted by Gasteiger charge is 2.24. The second-order valence-electron chi connectivity index (χ2n) is 3.95. The Morgan fingerprint density at radius 1 is 1.35 bits per heavy atom. The Morgan fingerprint density at radius 3 is 2.65 bits per heavy atom. The van der Waals surface area contributed by atoms with Gasteiger partial charge >= 0.3 is 0 Å². The van der Waals surface area contributed by atoms with Gasteiger partial charge in [-0.2, -0.15) is 0 Å². The van der Waals surface area contributed by atoms with Gasteiger partial charge in [0.2, 0.25) is 0 Å². The molecule has 0 saturated carbocycles. The van der Waals surface area contributed by atoms with E-state index in [1.807, 2.05) is 0 Å². The minimum absolute atomic E-state index is 0.0625. The third-order valence-electron chi connectivity index (χ3n) is 2.60. The highest BCUT2D eigenvalue weighted by molar-refractivity contribution is 5.97. The summed E-state index contributed by atoms with van der Waals surface area (Å²) < 4.78 is 26.2. The number of halogens is 2. The first-order valence-electron chi connectivity index (χ1n) is 5.15. The van der Waals surface area contributed by atoms with Gasteiger partial charge in [0.15, 0.2) is 0 Å². The van der Waals surface area contributed by atoms with Crippen molar-refractivity contribution in [2.24, 2.45) is 0 Å². The third-order valence-corrected chi connectivity index (χ3v) is 2.60. The number of aromatic amines is 1. The number of benzene rings is 1. The fraction of sp³-hybridized carbons (Fsp3) is 0.250. The van der Waals surface area contributed by atoms with E-state index in [1.54, 1.807) is 12.1 Å². The van der Waals surface area contributed by atoms with Gasteiger partial charge in [-0.3, -0.25) is 4.79 Å². The van der Waals surface area contributed by atoms with Crippen LogP contribution in [-0.4, -0.2) is 17.9 Å². The Hall–Kier alpha value is -1.91. The van der Waals surface area contributed by atoms with E-state index in [4.69, 9.17) is 0 Å². The molecule has 0 aliphatic rings. The fourth-order valence-corrected chi connectivity index (χ4v) is 1.66. The van der Waals surface area contributed by atoms with E-state index in [2.05, 4.69) is 10.3 Å². The second-order valence-corrected chi connectivity index (χ2v) is 3.95. The van der Waals surface area contributed by atoms with Gasteiger partial charge in [0.05, 0.1) is 0 Å². The molecule has 1 aromatic carbocycles. The quantitative estimate of drug-likeness (QED) is 0.830. The first-order chi connectivity index (χ1) is 7.91. The molecular formula is C12H12F2N2O. The Kier molecular flexibility index (Phi) is 2.61. The van der Waals surface area contributed by atoms with E-state index < -0.39 is 5.92 Å². The molecule has 0 unspecified atom stereocenters.